The minimum absolute atomic E-state index is 0.169. The van der Waals surface area contributed by atoms with Crippen LogP contribution in [-0.2, 0) is 16.6 Å². The van der Waals surface area contributed by atoms with Gasteiger partial charge < -0.3 is 5.43 Å². The molecule has 0 amide bonds. The van der Waals surface area contributed by atoms with E-state index in [4.69, 9.17) is 5.84 Å². The number of nitrogens with two attached hydrogens (primary N) is 1. The number of nitrogen functional groups attached to an aromatic ring is 1. The van der Waals surface area contributed by atoms with Crippen LogP contribution in [0.1, 0.15) is 11.1 Å². The maximum absolute atomic E-state index is 12.6. The highest BCUT2D eigenvalue weighted by Gasteiger charge is 2.23. The third-order valence-electron chi connectivity index (χ3n) is 3.22. The van der Waals surface area contributed by atoms with Crippen molar-refractivity contribution < 1.29 is 8.42 Å². The van der Waals surface area contributed by atoms with E-state index in [1.54, 1.807) is 25.2 Å². The summed E-state index contributed by atoms with van der Waals surface area (Å²) in [6.07, 6.45) is 0. The zero-order valence-electron chi connectivity index (χ0n) is 12.1. The third-order valence-corrected chi connectivity index (χ3v) is 5.08. The Morgan fingerprint density at radius 2 is 1.86 bits per heavy atom. The van der Waals surface area contributed by atoms with Crippen molar-refractivity contribution in [3.63, 3.8) is 0 Å². The number of hydrogen-bond acceptors (Lipinski definition) is 4. The van der Waals surface area contributed by atoms with E-state index in [-0.39, 0.29) is 4.90 Å². The van der Waals surface area contributed by atoms with Gasteiger partial charge in [0.15, 0.2) is 0 Å². The number of rotatable bonds is 5. The summed E-state index contributed by atoms with van der Waals surface area (Å²) in [5.41, 5.74) is 4.85. The predicted octanol–water partition coefficient (Wildman–Crippen LogP) is 2.10. The molecule has 21 heavy (non-hydrogen) atoms. The van der Waals surface area contributed by atoms with Crippen molar-refractivity contribution in [1.82, 2.24) is 4.31 Å². The summed E-state index contributed by atoms with van der Waals surface area (Å²) in [6, 6.07) is 14.4. The average molecular weight is 305 g/mol. The number of sulfonamides is 1. The molecule has 0 aliphatic carbocycles. The molecule has 5 nitrogen and oxygen atoms in total. The predicted molar refractivity (Wildman–Crippen MR) is 84.1 cm³/mol. The molecule has 0 bridgehead atoms. The molecule has 2 aromatic carbocycles. The van der Waals surface area contributed by atoms with Crippen LogP contribution in [0.5, 0.6) is 0 Å². The molecule has 0 atom stereocenters. The highest BCUT2D eigenvalue weighted by Crippen LogP contribution is 2.24. The summed E-state index contributed by atoms with van der Waals surface area (Å²) in [7, 11) is -2.04. The van der Waals surface area contributed by atoms with Gasteiger partial charge in [-0.15, -0.1) is 0 Å². The normalized spacial score (nSPS) is 11.6. The van der Waals surface area contributed by atoms with Crippen LogP contribution in [0.15, 0.2) is 53.4 Å². The van der Waals surface area contributed by atoms with Crippen molar-refractivity contribution >= 4 is 15.7 Å². The standard InChI is InChI=1S/C15H19N3O2S/c1-12-6-5-7-13(10-12)11-18(2)21(19,20)15-9-4-3-8-14(15)17-16/h3-10,17H,11,16H2,1-2H3. The van der Waals surface area contributed by atoms with E-state index in [0.29, 0.717) is 12.2 Å². The topological polar surface area (TPSA) is 75.4 Å². The number of hydrogen-bond donors (Lipinski definition) is 2. The van der Waals surface area contributed by atoms with Crippen LogP contribution in [0.3, 0.4) is 0 Å². The van der Waals surface area contributed by atoms with Gasteiger partial charge in [-0.2, -0.15) is 4.31 Å². The van der Waals surface area contributed by atoms with Crippen LogP contribution in [0.4, 0.5) is 5.69 Å². The largest absolute Gasteiger partial charge is 0.323 e. The second-order valence-corrected chi connectivity index (χ2v) is 6.90. The van der Waals surface area contributed by atoms with Crippen molar-refractivity contribution in [3.05, 3.63) is 59.7 Å². The number of benzene rings is 2. The molecule has 0 aliphatic heterocycles. The van der Waals surface area contributed by atoms with Gasteiger partial charge in [-0.3, -0.25) is 5.84 Å². The highest BCUT2D eigenvalue weighted by molar-refractivity contribution is 7.89. The van der Waals surface area contributed by atoms with Crippen molar-refractivity contribution in [2.45, 2.75) is 18.4 Å². The van der Waals surface area contributed by atoms with Crippen molar-refractivity contribution in [2.75, 3.05) is 12.5 Å². The Hall–Kier alpha value is -1.89. The number of anilines is 1. The zero-order chi connectivity index (χ0) is 15.5. The van der Waals surface area contributed by atoms with Crippen LogP contribution in [0.2, 0.25) is 0 Å². The number of nitrogens with one attached hydrogen (secondary N) is 1. The lowest BCUT2D eigenvalue weighted by Crippen LogP contribution is -2.27. The van der Waals surface area contributed by atoms with Crippen LogP contribution in [-0.4, -0.2) is 19.8 Å². The molecule has 0 saturated carbocycles. The first-order valence-corrected chi connectivity index (χ1v) is 7.96. The van der Waals surface area contributed by atoms with E-state index in [2.05, 4.69) is 5.43 Å². The van der Waals surface area contributed by atoms with Gasteiger partial charge in [0.05, 0.1) is 5.69 Å². The maximum Gasteiger partial charge on any atom is 0.245 e. The van der Waals surface area contributed by atoms with Gasteiger partial charge in [-0.25, -0.2) is 8.42 Å². The first-order chi connectivity index (χ1) is 9.95. The van der Waals surface area contributed by atoms with Crippen molar-refractivity contribution in [1.29, 1.82) is 0 Å². The molecule has 0 unspecified atom stereocenters. The fourth-order valence-corrected chi connectivity index (χ4v) is 3.44. The Morgan fingerprint density at radius 3 is 2.52 bits per heavy atom. The Morgan fingerprint density at radius 1 is 1.14 bits per heavy atom. The quantitative estimate of drug-likeness (QED) is 0.655. The third kappa shape index (κ3) is 3.41. The summed E-state index contributed by atoms with van der Waals surface area (Å²) >= 11 is 0. The summed E-state index contributed by atoms with van der Waals surface area (Å²) in [5.74, 6) is 5.39. The van der Waals surface area contributed by atoms with Crippen LogP contribution < -0.4 is 11.3 Å². The molecule has 6 heteroatoms. The smallest absolute Gasteiger partial charge is 0.245 e. The molecule has 2 rings (SSSR count). The first-order valence-electron chi connectivity index (χ1n) is 6.52. The first kappa shape index (κ1) is 15.5. The summed E-state index contributed by atoms with van der Waals surface area (Å²) in [6.45, 7) is 2.29. The Bertz CT molecular complexity index is 729. The molecule has 0 aliphatic rings. The number of para-hydroxylation sites is 1. The van der Waals surface area contributed by atoms with Gasteiger partial charge in [-0.1, -0.05) is 42.0 Å². The zero-order valence-corrected chi connectivity index (χ0v) is 12.9. The molecule has 0 saturated heterocycles. The lowest BCUT2D eigenvalue weighted by Gasteiger charge is -2.19. The SMILES string of the molecule is Cc1cccc(CN(C)S(=O)(=O)c2ccccc2NN)c1. The van der Waals surface area contributed by atoms with Gasteiger partial charge in [0.1, 0.15) is 4.90 Å². The monoisotopic (exact) mass is 305 g/mol. The van der Waals surface area contributed by atoms with Gasteiger partial charge in [0.2, 0.25) is 10.0 Å². The minimum atomic E-state index is -3.60. The molecular weight excluding hydrogens is 286 g/mol. The van der Waals surface area contributed by atoms with E-state index in [9.17, 15) is 8.42 Å². The molecule has 0 aromatic heterocycles. The molecule has 0 radical (unpaired) electrons. The number of aryl methyl sites for hydroxylation is 1. The summed E-state index contributed by atoms with van der Waals surface area (Å²) in [4.78, 5) is 0.169. The molecule has 3 N–H and O–H groups in total. The summed E-state index contributed by atoms with van der Waals surface area (Å²) in [5, 5.41) is 0. The van der Waals surface area contributed by atoms with Crippen LogP contribution in [0, 0.1) is 6.92 Å². The Balaban J connectivity index is 2.31. The lowest BCUT2D eigenvalue weighted by molar-refractivity contribution is 0.467. The summed E-state index contributed by atoms with van der Waals surface area (Å²) < 4.78 is 26.6. The number of nitrogens with zero attached hydrogens (tertiary/aromatic N) is 1. The van der Waals surface area contributed by atoms with E-state index in [1.165, 1.54) is 10.4 Å². The molecule has 0 heterocycles. The van der Waals surface area contributed by atoms with Crippen molar-refractivity contribution in [2.24, 2.45) is 5.84 Å². The molecular formula is C15H19N3O2S. The van der Waals surface area contributed by atoms with Crippen LogP contribution in [0.25, 0.3) is 0 Å². The number of hydrazine groups is 1. The molecule has 0 fully saturated rings. The fourth-order valence-electron chi connectivity index (χ4n) is 2.13. The van der Waals surface area contributed by atoms with Gasteiger partial charge >= 0.3 is 0 Å². The fraction of sp³-hybridized carbons (Fsp3) is 0.200. The second kappa shape index (κ2) is 6.26. The van der Waals surface area contributed by atoms with E-state index in [1.807, 2.05) is 31.2 Å². The van der Waals surface area contributed by atoms with Gasteiger partial charge in [0.25, 0.3) is 0 Å². The molecule has 2 aromatic rings. The maximum atomic E-state index is 12.6. The Kier molecular flexibility index (Phi) is 4.62. The lowest BCUT2D eigenvalue weighted by atomic mass is 10.1. The molecule has 112 valence electrons. The van der Waals surface area contributed by atoms with Crippen molar-refractivity contribution in [3.8, 4) is 0 Å². The second-order valence-electron chi connectivity index (χ2n) is 4.89. The highest BCUT2D eigenvalue weighted by atomic mass is 32.2. The van der Waals surface area contributed by atoms with E-state index >= 15 is 0 Å². The minimum Gasteiger partial charge on any atom is -0.323 e. The van der Waals surface area contributed by atoms with E-state index in [0.717, 1.165) is 11.1 Å². The Labute approximate surface area is 125 Å². The van der Waals surface area contributed by atoms with Crippen LogP contribution >= 0.6 is 0 Å². The average Bonchev–Trinajstić information content (AvgIpc) is 2.47. The molecule has 0 spiro atoms. The van der Waals surface area contributed by atoms with E-state index < -0.39 is 10.0 Å². The van der Waals surface area contributed by atoms with Gasteiger partial charge in [0, 0.05) is 13.6 Å². The van der Waals surface area contributed by atoms with Gasteiger partial charge in [-0.05, 0) is 24.6 Å².